The summed E-state index contributed by atoms with van der Waals surface area (Å²) < 4.78 is 181. The molecule has 8 aliphatic rings. The van der Waals surface area contributed by atoms with E-state index in [1.165, 1.54) is 38.5 Å². The minimum atomic E-state index is -7.82. The molecule has 0 radical (unpaired) electrons. The molecular weight excluding hydrogens is 837 g/mol. The van der Waals surface area contributed by atoms with Gasteiger partial charge in [-0.1, -0.05) is 48.5 Å². The number of hydrogen-bond donors (Lipinski definition) is 0. The fraction of sp³-hybridized carbons (Fsp3) is 0.565. The van der Waals surface area contributed by atoms with Crippen LogP contribution in [-0.2, 0) is 22.7 Å². The van der Waals surface area contributed by atoms with Crippen LogP contribution in [0.4, 0.5) is 52.7 Å². The van der Waals surface area contributed by atoms with Gasteiger partial charge < -0.3 is 0 Å². The fourth-order valence-corrected chi connectivity index (χ4v) is 13.3. The summed E-state index contributed by atoms with van der Waals surface area (Å²) in [5.41, 5.74) is 2.79. The Labute approximate surface area is 349 Å². The summed E-state index contributed by atoms with van der Waals surface area (Å²) >= 11 is 0. The van der Waals surface area contributed by atoms with Crippen molar-refractivity contribution >= 4 is 0 Å². The summed E-state index contributed by atoms with van der Waals surface area (Å²) in [6.07, 6.45) is 15.8. The molecule has 0 saturated heterocycles. The van der Waals surface area contributed by atoms with E-state index >= 15 is 52.7 Å². The van der Waals surface area contributed by atoms with Crippen molar-refractivity contribution in [2.75, 3.05) is 0 Å². The lowest BCUT2D eigenvalue weighted by Crippen LogP contribution is -2.69. The second-order valence-electron chi connectivity index (χ2n) is 19.6. The van der Waals surface area contributed by atoms with Gasteiger partial charge in [-0.2, -0.15) is 52.7 Å². The van der Waals surface area contributed by atoms with Gasteiger partial charge in [0.25, 0.3) is 0 Å². The van der Waals surface area contributed by atoms with Crippen molar-refractivity contribution in [1.82, 2.24) is 19.9 Å². The van der Waals surface area contributed by atoms with Gasteiger partial charge in [-0.25, -0.2) is 19.9 Å². The van der Waals surface area contributed by atoms with E-state index in [1.807, 2.05) is 24.3 Å². The zero-order chi connectivity index (χ0) is 43.9. The Morgan fingerprint density at radius 1 is 0.339 bits per heavy atom. The Morgan fingerprint density at radius 3 is 0.823 bits per heavy atom. The summed E-state index contributed by atoms with van der Waals surface area (Å²) in [5.74, 6) is -44.4. The van der Waals surface area contributed by atoms with Crippen LogP contribution < -0.4 is 0 Å². The van der Waals surface area contributed by atoms with E-state index in [1.54, 1.807) is 24.3 Å². The third kappa shape index (κ3) is 6.01. The van der Waals surface area contributed by atoms with Crippen LogP contribution in [0.3, 0.4) is 0 Å². The molecule has 2 aromatic carbocycles. The van der Waals surface area contributed by atoms with Crippen LogP contribution in [0.2, 0.25) is 0 Å². The second kappa shape index (κ2) is 13.6. The van der Waals surface area contributed by atoms with Crippen LogP contribution in [0.5, 0.6) is 0 Å². The molecule has 0 amide bonds. The van der Waals surface area contributed by atoms with Crippen LogP contribution in [0.15, 0.2) is 73.3 Å². The number of aromatic nitrogens is 4. The van der Waals surface area contributed by atoms with Crippen molar-refractivity contribution < 1.29 is 52.7 Å². The molecule has 0 aliphatic heterocycles. The molecule has 4 aromatic rings. The molecule has 8 saturated carbocycles. The van der Waals surface area contributed by atoms with Crippen LogP contribution in [-0.4, -0.2) is 43.6 Å². The summed E-state index contributed by atoms with van der Waals surface area (Å²) in [6.45, 7) is 0. The van der Waals surface area contributed by atoms with Gasteiger partial charge in [0.05, 0.1) is 0 Å². The highest BCUT2D eigenvalue weighted by Gasteiger charge is 2.91. The average Bonchev–Trinajstić information content (AvgIpc) is 3.22. The van der Waals surface area contributed by atoms with Gasteiger partial charge in [-0.15, -0.1) is 0 Å². The monoisotopic (exact) mass is 878 g/mol. The first-order chi connectivity index (χ1) is 29.1. The number of nitrogens with zero attached hydrogens (tertiary/aromatic N) is 4. The lowest BCUT2D eigenvalue weighted by atomic mass is 9.48. The molecule has 2 heterocycles. The van der Waals surface area contributed by atoms with Crippen LogP contribution in [0.25, 0.3) is 22.3 Å². The quantitative estimate of drug-likeness (QED) is 0.141. The Kier molecular flexibility index (Phi) is 9.18. The third-order valence-corrected chi connectivity index (χ3v) is 15.6. The maximum Gasteiger partial charge on any atom is 0.386 e. The zero-order valence-corrected chi connectivity index (χ0v) is 33.2. The molecule has 12 rings (SSSR count). The predicted octanol–water partition coefficient (Wildman–Crippen LogP) is 13.0. The molecule has 8 fully saturated rings. The lowest BCUT2D eigenvalue weighted by Gasteiger charge is -2.57. The molecule has 330 valence electrons. The van der Waals surface area contributed by atoms with Gasteiger partial charge in [-0.3, -0.25) is 0 Å². The first kappa shape index (κ1) is 41.8. The molecule has 8 bridgehead atoms. The van der Waals surface area contributed by atoms with E-state index in [0.29, 0.717) is 71.4 Å². The van der Waals surface area contributed by atoms with Gasteiger partial charge in [0.1, 0.15) is 0 Å². The number of hydrogen-bond acceptors (Lipinski definition) is 4. The van der Waals surface area contributed by atoms with Crippen molar-refractivity contribution in [2.24, 2.45) is 35.5 Å². The lowest BCUT2D eigenvalue weighted by molar-refractivity contribution is -0.430. The van der Waals surface area contributed by atoms with Gasteiger partial charge in [0.2, 0.25) is 11.6 Å². The smallest absolute Gasteiger partial charge is 0.235 e. The Bertz CT molecular complexity index is 2090. The highest BCUT2D eigenvalue weighted by Crippen LogP contribution is 2.64. The third-order valence-electron chi connectivity index (χ3n) is 15.6. The van der Waals surface area contributed by atoms with E-state index in [2.05, 4.69) is 19.9 Å². The standard InChI is InChI=1S/C46H42F12N4/c47-41(48,37-59-21-33(22-60-37)31-1-5-35(6-2-31)39-15-25-9-26(16-39)11-27(10-25)17-39)43(51,52)45(55,56)46(57,58)44(53,54)42(49,50)38-61-23-34(24-62-38)32-3-7-36(8-4-32)40-18-28-12-29(19-40)14-30(13-28)20-40/h1-8,21-30H,9-20H2. The van der Waals surface area contributed by atoms with Crippen molar-refractivity contribution in [1.29, 1.82) is 0 Å². The molecule has 0 spiro atoms. The van der Waals surface area contributed by atoms with E-state index in [-0.39, 0.29) is 22.0 Å². The maximum atomic E-state index is 15.2. The number of halogens is 12. The first-order valence-electron chi connectivity index (χ1n) is 21.2. The Morgan fingerprint density at radius 2 is 0.581 bits per heavy atom. The van der Waals surface area contributed by atoms with Crippen molar-refractivity contribution in [3.05, 3.63) is 96.1 Å². The molecule has 0 atom stereocenters. The van der Waals surface area contributed by atoms with E-state index in [4.69, 9.17) is 0 Å². The van der Waals surface area contributed by atoms with E-state index < -0.39 is 47.2 Å². The van der Waals surface area contributed by atoms with Crippen molar-refractivity contribution in [3.63, 3.8) is 0 Å². The number of benzene rings is 2. The molecule has 16 heteroatoms. The van der Waals surface area contributed by atoms with Gasteiger partial charge in [-0.05, 0) is 146 Å². The van der Waals surface area contributed by atoms with Gasteiger partial charge >= 0.3 is 35.5 Å². The minimum Gasteiger partial charge on any atom is -0.235 e. The molecule has 0 N–H and O–H groups in total. The highest BCUT2D eigenvalue weighted by atomic mass is 19.4. The summed E-state index contributed by atoms with van der Waals surface area (Å²) in [5, 5.41) is 0. The Hall–Kier alpha value is -4.24. The Balaban J connectivity index is 0.845. The van der Waals surface area contributed by atoms with Crippen LogP contribution in [0, 0.1) is 35.5 Å². The highest BCUT2D eigenvalue weighted by molar-refractivity contribution is 5.63. The van der Waals surface area contributed by atoms with Crippen LogP contribution >= 0.6 is 0 Å². The largest absolute Gasteiger partial charge is 0.386 e. The molecule has 8 aliphatic carbocycles. The van der Waals surface area contributed by atoms with Crippen molar-refractivity contribution in [2.45, 2.75) is 123 Å². The summed E-state index contributed by atoms with van der Waals surface area (Å²) in [6, 6.07) is 14.0. The topological polar surface area (TPSA) is 51.6 Å². The molecule has 62 heavy (non-hydrogen) atoms. The normalized spacial score (nSPS) is 30.9. The van der Waals surface area contributed by atoms with Crippen molar-refractivity contribution in [3.8, 4) is 22.3 Å². The summed E-state index contributed by atoms with van der Waals surface area (Å²) in [7, 11) is 0. The number of alkyl halides is 12. The predicted molar refractivity (Wildman–Crippen MR) is 202 cm³/mol. The summed E-state index contributed by atoms with van der Waals surface area (Å²) in [4.78, 5) is 12.1. The molecule has 4 nitrogen and oxygen atoms in total. The fourth-order valence-electron chi connectivity index (χ4n) is 13.3. The van der Waals surface area contributed by atoms with Crippen LogP contribution in [0.1, 0.15) is 99.8 Å². The second-order valence-corrected chi connectivity index (χ2v) is 19.6. The average molecular weight is 879 g/mol. The van der Waals surface area contributed by atoms with E-state index in [0.717, 1.165) is 49.7 Å². The SMILES string of the molecule is FC(F)(c1ncc(-c2ccc(C34CC5CC(CC(C5)C3)C4)cc2)cn1)C(F)(F)C(F)(F)C(F)(F)C(F)(F)C(F)(F)c1ncc(-c2ccc(C34CC5CC(CC(C5)C3)C4)cc2)cn1. The minimum absolute atomic E-state index is 0.00731. The van der Waals surface area contributed by atoms with Gasteiger partial charge in [0, 0.05) is 35.9 Å². The zero-order valence-electron chi connectivity index (χ0n) is 33.2. The number of rotatable bonds is 11. The van der Waals surface area contributed by atoms with Gasteiger partial charge in [0.15, 0.2) is 0 Å². The molecule has 0 unspecified atom stereocenters. The van der Waals surface area contributed by atoms with E-state index in [9.17, 15) is 0 Å². The molecular formula is C46H42F12N4. The molecule has 2 aromatic heterocycles. The maximum absolute atomic E-state index is 15.2. The first-order valence-corrected chi connectivity index (χ1v) is 21.2.